The number of carbonyl (C=O) groups excluding carboxylic acids is 1. The van der Waals surface area contributed by atoms with Gasteiger partial charge < -0.3 is 19.9 Å². The van der Waals surface area contributed by atoms with Crippen LogP contribution < -0.4 is 11.0 Å². The first-order valence-electron chi connectivity index (χ1n) is 8.85. The number of hydrogen-bond acceptors (Lipinski definition) is 6. The zero-order valence-electron chi connectivity index (χ0n) is 15.0. The molecule has 2 aliphatic rings. The summed E-state index contributed by atoms with van der Waals surface area (Å²) in [7, 11) is 0. The molecule has 4 rings (SSSR count). The van der Waals surface area contributed by atoms with Gasteiger partial charge in [-0.2, -0.15) is 4.98 Å². The number of nitrogens with zero attached hydrogens (tertiary/aromatic N) is 2. The van der Waals surface area contributed by atoms with E-state index in [0.29, 0.717) is 5.56 Å². The van der Waals surface area contributed by atoms with E-state index < -0.39 is 36.1 Å². The topological polar surface area (TPSA) is 103 Å². The van der Waals surface area contributed by atoms with Crippen LogP contribution in [0, 0.1) is 0 Å². The number of benzene rings is 1. The summed E-state index contributed by atoms with van der Waals surface area (Å²) in [5.74, 6) is -0.268. The molecule has 1 amide bonds. The number of fused-ring (bicyclic) bond motifs is 2. The van der Waals surface area contributed by atoms with Crippen molar-refractivity contribution in [2.24, 2.45) is 0 Å². The van der Waals surface area contributed by atoms with Gasteiger partial charge in [-0.3, -0.25) is 9.36 Å². The lowest BCUT2D eigenvalue weighted by atomic mass is 9.96. The molecule has 8 nitrogen and oxygen atoms in total. The molecule has 3 heterocycles. The number of rotatable bonds is 4. The summed E-state index contributed by atoms with van der Waals surface area (Å²) in [6.07, 6.45) is -1.92. The average molecular weight is 358 g/mol. The molecule has 2 N–H and O–H groups in total. The van der Waals surface area contributed by atoms with E-state index in [1.54, 1.807) is 37.3 Å². The first kappa shape index (κ1) is 15.7. The van der Waals surface area contributed by atoms with Crippen LogP contribution in [0.25, 0.3) is 0 Å². The van der Waals surface area contributed by atoms with Crippen molar-refractivity contribution >= 4 is 11.7 Å². The molecule has 5 atom stereocenters. The molecular formula is C18H19N3O5. The maximum atomic E-state index is 12.4. The highest BCUT2D eigenvalue weighted by molar-refractivity contribution is 6.03. The molecule has 1 unspecified atom stereocenters. The molecule has 2 aromatic rings. The SMILES string of the molecule is [2H]C(C)[C@@]12CO[C@@H]([C@H](n3ccc(NC(=O)c4ccccc4)nc3=O)O1)[C@@H]2O. The quantitative estimate of drug-likeness (QED) is 0.843. The van der Waals surface area contributed by atoms with Crippen molar-refractivity contribution in [3.8, 4) is 0 Å². The Balaban J connectivity index is 1.55. The van der Waals surface area contributed by atoms with Gasteiger partial charge in [0.15, 0.2) is 6.23 Å². The van der Waals surface area contributed by atoms with Crippen LogP contribution >= 0.6 is 0 Å². The van der Waals surface area contributed by atoms with Gasteiger partial charge in [0.1, 0.15) is 23.6 Å². The van der Waals surface area contributed by atoms with E-state index in [-0.39, 0.29) is 18.3 Å². The van der Waals surface area contributed by atoms with E-state index in [1.165, 1.54) is 16.8 Å². The Morgan fingerprint density at radius 2 is 2.23 bits per heavy atom. The van der Waals surface area contributed by atoms with Gasteiger partial charge in [0.25, 0.3) is 5.91 Å². The monoisotopic (exact) mass is 358 g/mol. The Morgan fingerprint density at radius 1 is 1.46 bits per heavy atom. The molecule has 1 aromatic carbocycles. The molecular weight excluding hydrogens is 338 g/mol. The molecule has 2 aliphatic heterocycles. The lowest BCUT2D eigenvalue weighted by molar-refractivity contribution is -0.175. The number of anilines is 1. The normalized spacial score (nSPS) is 31.5. The highest BCUT2D eigenvalue weighted by Gasteiger charge is 2.60. The Labute approximate surface area is 150 Å². The summed E-state index contributed by atoms with van der Waals surface area (Å²) in [5, 5.41) is 13.0. The Hall–Kier alpha value is -2.55. The first-order chi connectivity index (χ1) is 12.9. The minimum Gasteiger partial charge on any atom is -0.387 e. The Kier molecular flexibility index (Phi) is 3.81. The van der Waals surface area contributed by atoms with Gasteiger partial charge in [-0.05, 0) is 24.6 Å². The third kappa shape index (κ3) is 2.63. The zero-order valence-corrected chi connectivity index (χ0v) is 14.0. The summed E-state index contributed by atoms with van der Waals surface area (Å²) in [4.78, 5) is 28.5. The lowest BCUT2D eigenvalue weighted by Gasteiger charge is -2.30. The minimum absolute atomic E-state index is 0.105. The van der Waals surface area contributed by atoms with E-state index in [1.807, 2.05) is 0 Å². The molecule has 136 valence electrons. The van der Waals surface area contributed by atoms with Crippen molar-refractivity contribution in [2.45, 2.75) is 37.4 Å². The summed E-state index contributed by atoms with van der Waals surface area (Å²) < 4.78 is 20.6. The van der Waals surface area contributed by atoms with Gasteiger partial charge in [-0.15, -0.1) is 0 Å². The fraction of sp³-hybridized carbons (Fsp3) is 0.389. The Bertz CT molecular complexity index is 919. The molecule has 0 saturated carbocycles. The molecule has 1 aromatic heterocycles. The number of nitrogens with one attached hydrogen (secondary N) is 1. The van der Waals surface area contributed by atoms with Gasteiger partial charge in [-0.25, -0.2) is 4.79 Å². The predicted octanol–water partition coefficient (Wildman–Crippen LogP) is 0.933. The van der Waals surface area contributed by atoms with Crippen LogP contribution in [0.5, 0.6) is 0 Å². The second kappa shape index (κ2) is 6.31. The van der Waals surface area contributed by atoms with Gasteiger partial charge in [0.05, 0.1) is 6.61 Å². The van der Waals surface area contributed by atoms with E-state index in [9.17, 15) is 14.7 Å². The molecule has 0 spiro atoms. The minimum atomic E-state index is -1.16. The number of ether oxygens (including phenoxy) is 2. The van der Waals surface area contributed by atoms with E-state index in [2.05, 4.69) is 10.3 Å². The van der Waals surface area contributed by atoms with Crippen LogP contribution in [0.3, 0.4) is 0 Å². The highest BCUT2D eigenvalue weighted by atomic mass is 16.6. The van der Waals surface area contributed by atoms with Crippen LogP contribution in [-0.2, 0) is 9.47 Å². The molecule has 2 saturated heterocycles. The number of hydrogen-bond donors (Lipinski definition) is 2. The highest BCUT2D eigenvalue weighted by Crippen LogP contribution is 2.46. The fourth-order valence-electron chi connectivity index (χ4n) is 3.31. The molecule has 0 radical (unpaired) electrons. The largest absolute Gasteiger partial charge is 0.387 e. The fourth-order valence-corrected chi connectivity index (χ4v) is 3.31. The standard InChI is InChI=1S/C18H19N3O5/c1-2-18-10-25-13(14(18)22)16(26-18)21-9-8-12(20-17(21)24)19-15(23)11-6-4-3-5-7-11/h3-9,13-14,16,22H,2,10H2,1H3,(H,19,20,23,24)/t13-,14+,16-,18+/m1/s1/i2D/t2?,13-,14+,16-,18+. The van der Waals surface area contributed by atoms with E-state index in [0.717, 1.165) is 0 Å². The van der Waals surface area contributed by atoms with Gasteiger partial charge >= 0.3 is 5.69 Å². The van der Waals surface area contributed by atoms with Crippen molar-refractivity contribution in [2.75, 3.05) is 11.9 Å². The van der Waals surface area contributed by atoms with E-state index >= 15 is 0 Å². The molecule has 0 aliphatic carbocycles. The zero-order chi connectivity index (χ0) is 19.2. The Morgan fingerprint density at radius 3 is 2.88 bits per heavy atom. The molecule has 8 heteroatoms. The number of aromatic nitrogens is 2. The number of amides is 1. The van der Waals surface area contributed by atoms with Crippen molar-refractivity contribution in [1.82, 2.24) is 9.55 Å². The molecule has 26 heavy (non-hydrogen) atoms. The van der Waals surface area contributed by atoms with Crippen LogP contribution in [0.4, 0.5) is 5.82 Å². The summed E-state index contributed by atoms with van der Waals surface area (Å²) in [5.41, 5.74) is -1.36. The first-order valence-corrected chi connectivity index (χ1v) is 8.28. The smallest absolute Gasteiger partial charge is 0.351 e. The van der Waals surface area contributed by atoms with Crippen molar-refractivity contribution in [3.63, 3.8) is 0 Å². The second-order valence-corrected chi connectivity index (χ2v) is 6.30. The molecule has 2 fully saturated rings. The number of carbonyl (C=O) groups is 1. The third-order valence-corrected chi connectivity index (χ3v) is 4.80. The second-order valence-electron chi connectivity index (χ2n) is 6.30. The van der Waals surface area contributed by atoms with Crippen LogP contribution in [0.15, 0.2) is 47.4 Å². The van der Waals surface area contributed by atoms with Crippen LogP contribution in [0.1, 0.15) is 31.3 Å². The third-order valence-electron chi connectivity index (χ3n) is 4.80. The maximum absolute atomic E-state index is 12.4. The molecule has 2 bridgehead atoms. The maximum Gasteiger partial charge on any atom is 0.351 e. The van der Waals surface area contributed by atoms with Crippen LogP contribution in [-0.4, -0.2) is 45.0 Å². The lowest BCUT2D eigenvalue weighted by Crippen LogP contribution is -2.40. The summed E-state index contributed by atoms with van der Waals surface area (Å²) >= 11 is 0. The van der Waals surface area contributed by atoms with Gasteiger partial charge in [0, 0.05) is 13.1 Å². The number of aliphatic hydroxyl groups is 1. The van der Waals surface area contributed by atoms with Crippen molar-refractivity contribution in [1.29, 1.82) is 0 Å². The van der Waals surface area contributed by atoms with Gasteiger partial charge in [0.2, 0.25) is 0 Å². The summed E-state index contributed by atoms with van der Waals surface area (Å²) in [6.45, 7) is 1.72. The van der Waals surface area contributed by atoms with E-state index in [4.69, 9.17) is 10.8 Å². The van der Waals surface area contributed by atoms with Gasteiger partial charge in [-0.1, -0.05) is 25.1 Å². The summed E-state index contributed by atoms with van der Waals surface area (Å²) in [6, 6.07) is 10.1. The predicted molar refractivity (Wildman–Crippen MR) is 91.8 cm³/mol. The average Bonchev–Trinajstić information content (AvgIpc) is 3.14. The van der Waals surface area contributed by atoms with Crippen molar-refractivity contribution < 1.29 is 20.7 Å². The van der Waals surface area contributed by atoms with Crippen LogP contribution in [0.2, 0.25) is 0 Å². The van der Waals surface area contributed by atoms with Crippen molar-refractivity contribution in [3.05, 3.63) is 58.6 Å². The number of aliphatic hydroxyl groups excluding tert-OH is 1.